The minimum absolute atomic E-state index is 0.620. The summed E-state index contributed by atoms with van der Waals surface area (Å²) in [5.74, 6) is 1.38. The predicted octanol–water partition coefficient (Wildman–Crippen LogP) is 2.64. The van der Waals surface area contributed by atoms with E-state index >= 15 is 0 Å². The highest BCUT2D eigenvalue weighted by molar-refractivity contribution is 5.54. The van der Waals surface area contributed by atoms with Crippen LogP contribution in [0.1, 0.15) is 0 Å². The van der Waals surface area contributed by atoms with Gasteiger partial charge in [0.05, 0.1) is 5.69 Å². The van der Waals surface area contributed by atoms with E-state index in [1.54, 1.807) is 18.2 Å². The van der Waals surface area contributed by atoms with E-state index in [-0.39, 0.29) is 0 Å². The van der Waals surface area contributed by atoms with Crippen LogP contribution in [0.5, 0.6) is 11.5 Å². The molecule has 0 radical (unpaired) electrons. The molecule has 76 valence electrons. The first-order chi connectivity index (χ1) is 7.25. The van der Waals surface area contributed by atoms with Crippen molar-refractivity contribution < 1.29 is 4.74 Å². The van der Waals surface area contributed by atoms with Crippen molar-refractivity contribution in [3.8, 4) is 11.5 Å². The summed E-state index contributed by atoms with van der Waals surface area (Å²) in [4.78, 5) is 0. The van der Waals surface area contributed by atoms with Crippen LogP contribution in [0.15, 0.2) is 48.5 Å². The van der Waals surface area contributed by atoms with E-state index in [1.807, 2.05) is 30.3 Å². The molecule has 2 rings (SSSR count). The molecular weight excluding hydrogens is 188 g/mol. The Kier molecular flexibility index (Phi) is 2.46. The van der Waals surface area contributed by atoms with Crippen LogP contribution < -0.4 is 16.2 Å². The number of hydrogen-bond acceptors (Lipinski definition) is 3. The van der Waals surface area contributed by atoms with E-state index in [0.29, 0.717) is 17.1 Å². The largest absolute Gasteiger partial charge is 0.455 e. The zero-order chi connectivity index (χ0) is 10.7. The first-order valence-electron chi connectivity index (χ1n) is 4.63. The van der Waals surface area contributed by atoms with Gasteiger partial charge >= 0.3 is 0 Å². The standard InChI is InChI=1S/C12H12N2O/c13-9-5-7-10(8-6-9)15-12-4-2-1-3-11(12)14/h1-8H,13-14H2. The maximum atomic E-state index is 5.75. The molecule has 0 spiro atoms. The van der Waals surface area contributed by atoms with Crippen LogP contribution in [0, 0.1) is 0 Å². The van der Waals surface area contributed by atoms with E-state index in [4.69, 9.17) is 16.2 Å². The fourth-order valence-electron chi connectivity index (χ4n) is 1.24. The molecule has 0 aliphatic rings. The number of ether oxygens (including phenoxy) is 1. The smallest absolute Gasteiger partial charge is 0.150 e. The Morgan fingerprint density at radius 2 is 1.47 bits per heavy atom. The number of para-hydroxylation sites is 2. The van der Waals surface area contributed by atoms with Crippen LogP contribution in [0.2, 0.25) is 0 Å². The van der Waals surface area contributed by atoms with Gasteiger partial charge in [-0.2, -0.15) is 0 Å². The summed E-state index contributed by atoms with van der Waals surface area (Å²) in [5, 5.41) is 0. The van der Waals surface area contributed by atoms with Gasteiger partial charge in [-0.3, -0.25) is 0 Å². The monoisotopic (exact) mass is 200 g/mol. The highest BCUT2D eigenvalue weighted by Gasteiger charge is 1.99. The quantitative estimate of drug-likeness (QED) is 0.732. The van der Waals surface area contributed by atoms with E-state index in [0.717, 1.165) is 5.75 Å². The van der Waals surface area contributed by atoms with Gasteiger partial charge in [0.2, 0.25) is 0 Å². The molecule has 0 atom stereocenters. The summed E-state index contributed by atoms with van der Waals surface area (Å²) in [6.07, 6.45) is 0. The second kappa shape index (κ2) is 3.92. The summed E-state index contributed by atoms with van der Waals surface area (Å²) >= 11 is 0. The number of rotatable bonds is 2. The van der Waals surface area contributed by atoms with Crippen LogP contribution in [-0.2, 0) is 0 Å². The molecule has 4 N–H and O–H groups in total. The Morgan fingerprint density at radius 3 is 2.13 bits per heavy atom. The van der Waals surface area contributed by atoms with Crippen molar-refractivity contribution in [2.75, 3.05) is 11.5 Å². The third-order valence-corrected chi connectivity index (χ3v) is 2.03. The third-order valence-electron chi connectivity index (χ3n) is 2.03. The number of nitrogen functional groups attached to an aromatic ring is 2. The molecule has 0 fully saturated rings. The lowest BCUT2D eigenvalue weighted by Crippen LogP contribution is -1.91. The minimum Gasteiger partial charge on any atom is -0.455 e. The fourth-order valence-corrected chi connectivity index (χ4v) is 1.24. The highest BCUT2D eigenvalue weighted by atomic mass is 16.5. The molecule has 0 bridgehead atoms. The number of anilines is 2. The van der Waals surface area contributed by atoms with Gasteiger partial charge in [-0.05, 0) is 36.4 Å². The zero-order valence-electron chi connectivity index (χ0n) is 8.18. The van der Waals surface area contributed by atoms with Gasteiger partial charge in [0.25, 0.3) is 0 Å². The lowest BCUT2D eigenvalue weighted by molar-refractivity contribution is 0.485. The Morgan fingerprint density at radius 1 is 0.800 bits per heavy atom. The average molecular weight is 200 g/mol. The van der Waals surface area contributed by atoms with E-state index in [9.17, 15) is 0 Å². The maximum absolute atomic E-state index is 5.75. The van der Waals surface area contributed by atoms with Crippen LogP contribution >= 0.6 is 0 Å². The number of benzene rings is 2. The lowest BCUT2D eigenvalue weighted by Gasteiger charge is -2.07. The summed E-state index contributed by atoms with van der Waals surface area (Å²) < 4.78 is 5.58. The molecule has 3 nitrogen and oxygen atoms in total. The maximum Gasteiger partial charge on any atom is 0.150 e. The third kappa shape index (κ3) is 2.20. The van der Waals surface area contributed by atoms with Crippen molar-refractivity contribution in [1.82, 2.24) is 0 Å². The molecule has 2 aromatic rings. The van der Waals surface area contributed by atoms with Crippen LogP contribution in [0.3, 0.4) is 0 Å². The van der Waals surface area contributed by atoms with Crippen molar-refractivity contribution in [1.29, 1.82) is 0 Å². The van der Waals surface area contributed by atoms with Crippen LogP contribution in [-0.4, -0.2) is 0 Å². The Bertz CT molecular complexity index is 451. The lowest BCUT2D eigenvalue weighted by atomic mass is 10.3. The van der Waals surface area contributed by atoms with Gasteiger partial charge in [0.15, 0.2) is 0 Å². The Hall–Kier alpha value is -2.16. The first-order valence-corrected chi connectivity index (χ1v) is 4.63. The molecule has 0 heterocycles. The van der Waals surface area contributed by atoms with E-state index < -0.39 is 0 Å². The summed E-state index contributed by atoms with van der Waals surface area (Å²) in [6.45, 7) is 0. The number of nitrogens with two attached hydrogens (primary N) is 2. The molecule has 0 saturated heterocycles. The van der Waals surface area contributed by atoms with Crippen molar-refractivity contribution >= 4 is 11.4 Å². The van der Waals surface area contributed by atoms with Crippen LogP contribution in [0.25, 0.3) is 0 Å². The highest BCUT2D eigenvalue weighted by Crippen LogP contribution is 2.26. The summed E-state index contributed by atoms with van der Waals surface area (Å²) in [7, 11) is 0. The molecular formula is C12H12N2O. The second-order valence-corrected chi connectivity index (χ2v) is 3.21. The van der Waals surface area contributed by atoms with Crippen molar-refractivity contribution in [2.45, 2.75) is 0 Å². The topological polar surface area (TPSA) is 61.3 Å². The SMILES string of the molecule is Nc1ccc(Oc2ccccc2N)cc1. The Labute approximate surface area is 88.3 Å². The van der Waals surface area contributed by atoms with Crippen LogP contribution in [0.4, 0.5) is 11.4 Å². The number of hydrogen-bond donors (Lipinski definition) is 2. The van der Waals surface area contributed by atoms with Gasteiger partial charge < -0.3 is 16.2 Å². The van der Waals surface area contributed by atoms with Gasteiger partial charge in [-0.25, -0.2) is 0 Å². The molecule has 0 amide bonds. The molecule has 0 aliphatic heterocycles. The molecule has 0 saturated carbocycles. The fraction of sp³-hybridized carbons (Fsp3) is 0. The van der Waals surface area contributed by atoms with Gasteiger partial charge in [0.1, 0.15) is 11.5 Å². The van der Waals surface area contributed by atoms with E-state index in [1.165, 1.54) is 0 Å². The molecule has 3 heteroatoms. The molecule has 0 aliphatic carbocycles. The van der Waals surface area contributed by atoms with Gasteiger partial charge in [0, 0.05) is 5.69 Å². The van der Waals surface area contributed by atoms with E-state index in [2.05, 4.69) is 0 Å². The molecule has 2 aromatic carbocycles. The Balaban J connectivity index is 2.22. The average Bonchev–Trinajstić information content (AvgIpc) is 2.25. The van der Waals surface area contributed by atoms with Gasteiger partial charge in [-0.1, -0.05) is 12.1 Å². The zero-order valence-corrected chi connectivity index (χ0v) is 8.18. The first kappa shape index (κ1) is 9.40. The molecule has 0 unspecified atom stereocenters. The second-order valence-electron chi connectivity index (χ2n) is 3.21. The molecule has 15 heavy (non-hydrogen) atoms. The predicted molar refractivity (Wildman–Crippen MR) is 61.8 cm³/mol. The molecule has 0 aromatic heterocycles. The summed E-state index contributed by atoms with van der Waals surface area (Å²) in [6, 6.07) is 14.6. The normalized spacial score (nSPS) is 9.87. The van der Waals surface area contributed by atoms with Crippen molar-refractivity contribution in [2.24, 2.45) is 0 Å². The van der Waals surface area contributed by atoms with Gasteiger partial charge in [-0.15, -0.1) is 0 Å². The van der Waals surface area contributed by atoms with Crippen molar-refractivity contribution in [3.63, 3.8) is 0 Å². The van der Waals surface area contributed by atoms with Crippen molar-refractivity contribution in [3.05, 3.63) is 48.5 Å². The minimum atomic E-state index is 0.620. The summed E-state index contributed by atoms with van der Waals surface area (Å²) in [5.41, 5.74) is 12.6.